The van der Waals surface area contributed by atoms with Crippen LogP contribution in [0.3, 0.4) is 0 Å². The Morgan fingerprint density at radius 1 is 0.524 bits per heavy atom. The van der Waals surface area contributed by atoms with Crippen LogP contribution in [0.4, 0.5) is 16.9 Å². The number of fused-ring (bicyclic) bond motifs is 2. The molecule has 1 aliphatic rings. The summed E-state index contributed by atoms with van der Waals surface area (Å²) >= 11 is -7.53. The van der Waals surface area contributed by atoms with Crippen molar-refractivity contribution in [3.8, 4) is 0 Å². The Morgan fingerprint density at radius 3 is 0.905 bits per heavy atom. The van der Waals surface area contributed by atoms with E-state index in [0.717, 1.165) is 0 Å². The molecule has 0 saturated carbocycles. The average molecular weight is 452 g/mol. The summed E-state index contributed by atoms with van der Waals surface area (Å²) in [5.74, 6) is 0. The summed E-state index contributed by atoms with van der Waals surface area (Å²) in [5.41, 5.74) is 0. The number of halogens is 6. The minimum atomic E-state index is -11.2. The van der Waals surface area contributed by atoms with Gasteiger partial charge in [0, 0.05) is 19.6 Å². The van der Waals surface area contributed by atoms with E-state index in [2.05, 4.69) is 48.5 Å². The number of benzene rings is 2. The van der Waals surface area contributed by atoms with Crippen LogP contribution in [0.15, 0.2) is 68.1 Å². The topological polar surface area (TPSA) is 0 Å². The fourth-order valence-corrected chi connectivity index (χ4v) is 3.71. The summed E-state index contributed by atoms with van der Waals surface area (Å²) in [4.78, 5) is 5.49. The van der Waals surface area contributed by atoms with Crippen LogP contribution in [-0.2, 0) is 0 Å². The second-order valence-corrected chi connectivity index (χ2v) is 11.7. The molecule has 0 nitrogen and oxygen atoms in total. The molecule has 2 aromatic rings. The van der Waals surface area contributed by atoms with Gasteiger partial charge in [0.25, 0.3) is 0 Å². The molecule has 0 saturated heterocycles. The van der Waals surface area contributed by atoms with Crippen molar-refractivity contribution >= 4 is 43.0 Å². The van der Waals surface area contributed by atoms with E-state index in [9.17, 15) is 16.9 Å². The summed E-state index contributed by atoms with van der Waals surface area (Å²) in [5, 5.41) is 0. The molecule has 116 valence electrons. The standard InChI is InChI=1S/C12H8S2.6FH.Sb/c1-2-6-10-9(5-1)13-11-7-3-4-8-12(11)14-10;;;;;;;/h1-8H;6*1H;/q;;;;;;;+5/p-6. The third-order valence-corrected chi connectivity index (χ3v) is 4.70. The van der Waals surface area contributed by atoms with Crippen molar-refractivity contribution in [1.82, 2.24) is 0 Å². The summed E-state index contributed by atoms with van der Waals surface area (Å²) in [6, 6.07) is 17.1. The van der Waals surface area contributed by atoms with Crippen molar-refractivity contribution in [2.75, 3.05) is 0 Å². The van der Waals surface area contributed by atoms with Gasteiger partial charge in [0.05, 0.1) is 0 Å². The predicted molar refractivity (Wildman–Crippen MR) is 73.5 cm³/mol. The second kappa shape index (κ2) is 5.03. The first kappa shape index (κ1) is 16.9. The summed E-state index contributed by atoms with van der Waals surface area (Å²) < 4.78 is 59.6. The molecule has 0 atom stereocenters. The van der Waals surface area contributed by atoms with Crippen LogP contribution in [0, 0.1) is 0 Å². The largest absolute Gasteiger partial charge is 0.0877 e. The molecule has 0 bridgehead atoms. The number of rotatable bonds is 0. The Labute approximate surface area is 127 Å². The van der Waals surface area contributed by atoms with Crippen LogP contribution < -0.4 is 0 Å². The SMILES string of the molecule is [F][Sb-]([F])([F])([F])([F])[F].c1ccc2c(c1)Sc1ccccc1S2. The quantitative estimate of drug-likeness (QED) is 0.285. The Kier molecular flexibility index (Phi) is 4.05. The van der Waals surface area contributed by atoms with Gasteiger partial charge in [-0.25, -0.2) is 0 Å². The average Bonchev–Trinajstić information content (AvgIpc) is 2.32. The van der Waals surface area contributed by atoms with Gasteiger partial charge in [0.1, 0.15) is 0 Å². The Hall–Kier alpha value is -0.462. The minimum absolute atomic E-state index is 1.37. The van der Waals surface area contributed by atoms with Gasteiger partial charge in [-0.2, -0.15) is 0 Å². The smallest absolute Gasteiger partial charge is 0.0262 e. The molecule has 0 aliphatic carbocycles. The van der Waals surface area contributed by atoms with E-state index in [1.165, 1.54) is 19.6 Å². The van der Waals surface area contributed by atoms with E-state index in [0.29, 0.717) is 0 Å². The zero-order valence-corrected chi connectivity index (χ0v) is 14.3. The molecule has 1 aliphatic heterocycles. The maximum Gasteiger partial charge on any atom is 0.0262 e. The minimum Gasteiger partial charge on any atom is -0.0877 e. The maximum atomic E-state index is 9.93. The molecule has 0 radical (unpaired) electrons. The predicted octanol–water partition coefficient (Wildman–Crippen LogP) is 6.44. The number of hydrogen-bond acceptors (Lipinski definition) is 2. The molecule has 0 N–H and O–H groups in total. The first-order chi connectivity index (χ1) is 9.38. The van der Waals surface area contributed by atoms with Gasteiger partial charge < -0.3 is 0 Å². The first-order valence-corrected chi connectivity index (χ1v) is 12.9. The van der Waals surface area contributed by atoms with Gasteiger partial charge in [0.15, 0.2) is 0 Å². The molecule has 1 heterocycles. The fourth-order valence-electron chi connectivity index (χ4n) is 1.47. The van der Waals surface area contributed by atoms with Crippen LogP contribution in [-0.4, -0.2) is 19.5 Å². The van der Waals surface area contributed by atoms with Gasteiger partial charge in [-0.1, -0.05) is 47.8 Å². The van der Waals surface area contributed by atoms with Crippen LogP contribution in [0.5, 0.6) is 0 Å². The summed E-state index contributed by atoms with van der Waals surface area (Å²) in [7, 11) is 0. The van der Waals surface area contributed by atoms with Crippen molar-refractivity contribution < 1.29 is 16.9 Å². The third-order valence-electron chi connectivity index (χ3n) is 2.14. The van der Waals surface area contributed by atoms with Gasteiger partial charge in [0.2, 0.25) is 0 Å². The molecular formula is C12H8F6S2Sb-. The molecule has 0 unspecified atom stereocenters. The zero-order valence-electron chi connectivity index (χ0n) is 10.2. The molecule has 0 spiro atoms. The molecule has 0 fully saturated rings. The summed E-state index contributed by atoms with van der Waals surface area (Å²) in [6.45, 7) is 0. The summed E-state index contributed by atoms with van der Waals surface area (Å²) in [6.07, 6.45) is 0. The van der Waals surface area contributed by atoms with E-state index < -0.39 is 19.5 Å². The van der Waals surface area contributed by atoms with Gasteiger partial charge in [-0.05, 0) is 24.3 Å². The molecule has 9 heteroatoms. The van der Waals surface area contributed by atoms with Crippen LogP contribution in [0.2, 0.25) is 0 Å². The van der Waals surface area contributed by atoms with E-state index in [-0.39, 0.29) is 0 Å². The van der Waals surface area contributed by atoms with Gasteiger partial charge in [-0.3, -0.25) is 0 Å². The van der Waals surface area contributed by atoms with E-state index >= 15 is 0 Å². The van der Waals surface area contributed by atoms with E-state index in [1.807, 2.05) is 23.5 Å². The van der Waals surface area contributed by atoms with Crippen molar-refractivity contribution in [2.24, 2.45) is 0 Å². The van der Waals surface area contributed by atoms with Crippen LogP contribution >= 0.6 is 23.5 Å². The Morgan fingerprint density at radius 2 is 0.714 bits per heavy atom. The fraction of sp³-hybridized carbons (Fsp3) is 0. The van der Waals surface area contributed by atoms with Crippen LogP contribution in [0.1, 0.15) is 0 Å². The van der Waals surface area contributed by atoms with Crippen LogP contribution in [0.25, 0.3) is 0 Å². The molecule has 21 heavy (non-hydrogen) atoms. The van der Waals surface area contributed by atoms with E-state index in [1.54, 1.807) is 0 Å². The van der Waals surface area contributed by atoms with Gasteiger partial charge in [-0.15, -0.1) is 0 Å². The molecular weight excluding hydrogens is 444 g/mol. The molecule has 2 aromatic carbocycles. The normalized spacial score (nSPS) is 16.5. The van der Waals surface area contributed by atoms with Crippen molar-refractivity contribution in [3.63, 3.8) is 0 Å². The first-order valence-electron chi connectivity index (χ1n) is 5.49. The monoisotopic (exact) mass is 451 g/mol. The second-order valence-electron chi connectivity index (χ2n) is 4.06. The maximum absolute atomic E-state index is 11.2. The van der Waals surface area contributed by atoms with Crippen molar-refractivity contribution in [3.05, 3.63) is 48.5 Å². The van der Waals surface area contributed by atoms with E-state index in [4.69, 9.17) is 0 Å². The van der Waals surface area contributed by atoms with Crippen molar-refractivity contribution in [2.45, 2.75) is 19.6 Å². The molecule has 0 amide bonds. The zero-order chi connectivity index (χ0) is 15.8. The van der Waals surface area contributed by atoms with Gasteiger partial charge >= 0.3 is 36.4 Å². The number of hydrogen-bond donors (Lipinski definition) is 0. The molecule has 0 aromatic heterocycles. The van der Waals surface area contributed by atoms with Crippen molar-refractivity contribution in [1.29, 1.82) is 0 Å². The third kappa shape index (κ3) is 6.89. The molecule has 3 rings (SSSR count). The Bertz CT molecular complexity index is 570. The Balaban J connectivity index is 0.000000199.